The fourth-order valence-electron chi connectivity index (χ4n) is 1.88. The highest BCUT2D eigenvalue weighted by atomic mass is 14.9. The lowest BCUT2D eigenvalue weighted by atomic mass is 10.1. The summed E-state index contributed by atoms with van der Waals surface area (Å²) < 4.78 is 0. The summed E-state index contributed by atoms with van der Waals surface area (Å²) in [6.07, 6.45) is 1.13. The quantitative estimate of drug-likeness (QED) is 0.843. The maximum atomic E-state index is 4.55. The molecule has 0 spiro atoms. The zero-order valence-corrected chi connectivity index (χ0v) is 10.2. The molecule has 1 heterocycles. The van der Waals surface area contributed by atoms with Gasteiger partial charge in [0.2, 0.25) is 0 Å². The molecule has 0 bridgehead atoms. The summed E-state index contributed by atoms with van der Waals surface area (Å²) in [6.45, 7) is 7.33. The second kappa shape index (κ2) is 4.52. The molecule has 0 unspecified atom stereocenters. The Labute approximate surface area is 96.7 Å². The number of hydrogen-bond acceptors (Lipinski definition) is 2. The third-order valence-corrected chi connectivity index (χ3v) is 2.66. The average Bonchev–Trinajstić information content (AvgIpc) is 2.26. The number of benzene rings is 1. The summed E-state index contributed by atoms with van der Waals surface area (Å²) in [5, 5.41) is 4.69. The molecule has 0 fully saturated rings. The molecule has 0 atom stereocenters. The van der Waals surface area contributed by atoms with Gasteiger partial charge in [0.1, 0.15) is 0 Å². The van der Waals surface area contributed by atoms with E-state index in [1.807, 2.05) is 6.92 Å². The molecule has 0 radical (unpaired) electrons. The molecule has 2 nitrogen and oxygen atoms in total. The summed E-state index contributed by atoms with van der Waals surface area (Å²) in [5.41, 5.74) is 4.62. The minimum atomic E-state index is 1.01. The zero-order valence-electron chi connectivity index (χ0n) is 10.2. The first-order chi connectivity index (χ1) is 7.70. The van der Waals surface area contributed by atoms with Crippen LogP contribution < -0.4 is 5.32 Å². The van der Waals surface area contributed by atoms with E-state index in [2.05, 4.69) is 48.4 Å². The molecule has 1 N–H and O–H groups in total. The van der Waals surface area contributed by atoms with Gasteiger partial charge in [-0.1, -0.05) is 18.6 Å². The zero-order chi connectivity index (χ0) is 11.5. The van der Waals surface area contributed by atoms with Crippen molar-refractivity contribution < 1.29 is 0 Å². The number of rotatable bonds is 3. The number of nitrogens with one attached hydrogen (secondary N) is 1. The van der Waals surface area contributed by atoms with Gasteiger partial charge in [0, 0.05) is 23.3 Å². The van der Waals surface area contributed by atoms with Crippen LogP contribution in [-0.2, 0) is 0 Å². The molecular formula is C14H18N2. The van der Waals surface area contributed by atoms with E-state index in [4.69, 9.17) is 0 Å². The average molecular weight is 214 g/mol. The van der Waals surface area contributed by atoms with Gasteiger partial charge in [-0.25, -0.2) is 0 Å². The molecule has 0 aliphatic rings. The maximum absolute atomic E-state index is 4.55. The van der Waals surface area contributed by atoms with Gasteiger partial charge >= 0.3 is 0 Å². The van der Waals surface area contributed by atoms with Gasteiger partial charge in [-0.05, 0) is 38.5 Å². The molecule has 0 aliphatic heterocycles. The van der Waals surface area contributed by atoms with E-state index >= 15 is 0 Å². The van der Waals surface area contributed by atoms with E-state index < -0.39 is 0 Å². The molecule has 0 amide bonds. The Hall–Kier alpha value is -1.57. The van der Waals surface area contributed by atoms with Crippen molar-refractivity contribution in [1.82, 2.24) is 4.98 Å². The summed E-state index contributed by atoms with van der Waals surface area (Å²) in [5.74, 6) is 0. The third-order valence-electron chi connectivity index (χ3n) is 2.66. The number of aromatic nitrogens is 1. The smallest absolute Gasteiger partial charge is 0.0726 e. The molecule has 0 saturated heterocycles. The van der Waals surface area contributed by atoms with Gasteiger partial charge in [-0.3, -0.25) is 4.98 Å². The van der Waals surface area contributed by atoms with Gasteiger partial charge < -0.3 is 5.32 Å². The highest BCUT2D eigenvalue weighted by Gasteiger charge is 2.03. The summed E-state index contributed by atoms with van der Waals surface area (Å²) >= 11 is 0. The Morgan fingerprint density at radius 2 is 2.00 bits per heavy atom. The monoisotopic (exact) mass is 214 g/mol. The highest BCUT2D eigenvalue weighted by molar-refractivity contribution is 5.91. The van der Waals surface area contributed by atoms with Crippen LogP contribution in [0.3, 0.4) is 0 Å². The third kappa shape index (κ3) is 2.16. The highest BCUT2D eigenvalue weighted by Crippen LogP contribution is 2.24. The van der Waals surface area contributed by atoms with Crippen molar-refractivity contribution in [2.75, 3.05) is 11.9 Å². The fourth-order valence-corrected chi connectivity index (χ4v) is 1.88. The van der Waals surface area contributed by atoms with E-state index in [9.17, 15) is 0 Å². The van der Waals surface area contributed by atoms with Crippen LogP contribution in [0.1, 0.15) is 24.6 Å². The van der Waals surface area contributed by atoms with Crippen molar-refractivity contribution in [2.45, 2.75) is 27.2 Å². The molecule has 84 valence electrons. The number of nitrogens with zero attached hydrogens (tertiary/aromatic N) is 1. The minimum absolute atomic E-state index is 1.01. The van der Waals surface area contributed by atoms with Crippen molar-refractivity contribution in [1.29, 1.82) is 0 Å². The van der Waals surface area contributed by atoms with E-state index in [0.717, 1.165) is 24.2 Å². The summed E-state index contributed by atoms with van der Waals surface area (Å²) in [7, 11) is 0. The van der Waals surface area contributed by atoms with Crippen molar-refractivity contribution in [3.8, 4) is 0 Å². The molecule has 2 heteroatoms. The number of anilines is 1. The first-order valence-electron chi connectivity index (χ1n) is 5.82. The lowest BCUT2D eigenvalue weighted by molar-refractivity contribution is 0.980. The Morgan fingerprint density at radius 3 is 2.75 bits per heavy atom. The predicted octanol–water partition coefficient (Wildman–Crippen LogP) is 3.67. The molecule has 1 aromatic carbocycles. The number of fused-ring (bicyclic) bond motifs is 1. The first kappa shape index (κ1) is 10.9. The van der Waals surface area contributed by atoms with Crippen molar-refractivity contribution >= 4 is 16.6 Å². The molecule has 0 aliphatic carbocycles. The van der Waals surface area contributed by atoms with Crippen molar-refractivity contribution in [2.24, 2.45) is 0 Å². The van der Waals surface area contributed by atoms with Crippen LogP contribution in [0.25, 0.3) is 10.9 Å². The predicted molar refractivity (Wildman–Crippen MR) is 70.0 cm³/mol. The van der Waals surface area contributed by atoms with Crippen LogP contribution in [0.5, 0.6) is 0 Å². The first-order valence-corrected chi connectivity index (χ1v) is 5.82. The number of pyridine rings is 1. The van der Waals surface area contributed by atoms with Crippen molar-refractivity contribution in [3.05, 3.63) is 35.5 Å². The van der Waals surface area contributed by atoms with Crippen LogP contribution in [0, 0.1) is 13.8 Å². The Morgan fingerprint density at radius 1 is 1.19 bits per heavy atom. The van der Waals surface area contributed by atoms with Crippen LogP contribution in [0.4, 0.5) is 5.69 Å². The topological polar surface area (TPSA) is 24.9 Å². The van der Waals surface area contributed by atoms with Crippen LogP contribution in [0.15, 0.2) is 24.3 Å². The Kier molecular flexibility index (Phi) is 3.09. The molecular weight excluding hydrogens is 196 g/mol. The van der Waals surface area contributed by atoms with Crippen LogP contribution >= 0.6 is 0 Å². The second-order valence-electron chi connectivity index (χ2n) is 4.26. The van der Waals surface area contributed by atoms with Gasteiger partial charge in [0.15, 0.2) is 0 Å². The summed E-state index contributed by atoms with van der Waals surface area (Å²) in [6, 6.07) is 8.52. The molecule has 0 saturated carbocycles. The SMILES string of the molecule is CCCNc1cc(C)nc2ccc(C)cc12. The molecule has 1 aromatic heterocycles. The van der Waals surface area contributed by atoms with Gasteiger partial charge in [0.25, 0.3) is 0 Å². The Bertz CT molecular complexity index is 503. The molecule has 2 aromatic rings. The molecule has 16 heavy (non-hydrogen) atoms. The maximum Gasteiger partial charge on any atom is 0.0726 e. The number of aryl methyl sites for hydroxylation is 2. The molecule has 2 rings (SSSR count). The standard InChI is InChI=1S/C14H18N2/c1-4-7-15-14-9-11(3)16-13-6-5-10(2)8-12(13)14/h5-6,8-9H,4,7H2,1-3H3,(H,15,16). The van der Waals surface area contributed by atoms with Crippen molar-refractivity contribution in [3.63, 3.8) is 0 Å². The minimum Gasteiger partial charge on any atom is -0.384 e. The largest absolute Gasteiger partial charge is 0.384 e. The van der Waals surface area contributed by atoms with E-state index in [1.165, 1.54) is 16.6 Å². The van der Waals surface area contributed by atoms with Gasteiger partial charge in [-0.2, -0.15) is 0 Å². The van der Waals surface area contributed by atoms with Gasteiger partial charge in [0.05, 0.1) is 5.52 Å². The lowest BCUT2D eigenvalue weighted by Crippen LogP contribution is -2.01. The summed E-state index contributed by atoms with van der Waals surface area (Å²) in [4.78, 5) is 4.55. The van der Waals surface area contributed by atoms with E-state index in [0.29, 0.717) is 0 Å². The fraction of sp³-hybridized carbons (Fsp3) is 0.357. The van der Waals surface area contributed by atoms with Crippen LogP contribution in [0.2, 0.25) is 0 Å². The second-order valence-corrected chi connectivity index (χ2v) is 4.26. The normalized spacial score (nSPS) is 10.7. The van der Waals surface area contributed by atoms with Gasteiger partial charge in [-0.15, -0.1) is 0 Å². The van der Waals surface area contributed by atoms with Crippen LogP contribution in [-0.4, -0.2) is 11.5 Å². The van der Waals surface area contributed by atoms with E-state index in [-0.39, 0.29) is 0 Å². The Balaban J connectivity index is 2.55. The van der Waals surface area contributed by atoms with E-state index in [1.54, 1.807) is 0 Å². The number of hydrogen-bond donors (Lipinski definition) is 1. The lowest BCUT2D eigenvalue weighted by Gasteiger charge is -2.10.